The second-order valence-electron chi connectivity index (χ2n) is 5.13. The van der Waals surface area contributed by atoms with Crippen molar-refractivity contribution in [1.82, 2.24) is 15.2 Å². The Labute approximate surface area is 112 Å². The molecule has 0 radical (unpaired) electrons. The molecule has 0 aromatic carbocycles. The normalized spacial score (nSPS) is 20.1. The van der Waals surface area contributed by atoms with Crippen molar-refractivity contribution in [3.05, 3.63) is 16.6 Å². The summed E-state index contributed by atoms with van der Waals surface area (Å²) in [7, 11) is 0. The number of carbonyl (C=O) groups is 1. The second-order valence-corrected chi connectivity index (χ2v) is 6.02. The first-order valence-electron chi connectivity index (χ1n) is 6.58. The fourth-order valence-electron chi connectivity index (χ4n) is 2.35. The zero-order chi connectivity index (χ0) is 13.0. The number of nitrogens with zero attached hydrogens (tertiary/aromatic N) is 2. The van der Waals surface area contributed by atoms with Crippen molar-refractivity contribution in [1.29, 1.82) is 0 Å². The molecule has 1 aliphatic heterocycles. The van der Waals surface area contributed by atoms with E-state index < -0.39 is 0 Å². The van der Waals surface area contributed by atoms with Gasteiger partial charge in [-0.2, -0.15) is 0 Å². The Morgan fingerprint density at radius 3 is 3.06 bits per heavy atom. The summed E-state index contributed by atoms with van der Waals surface area (Å²) in [5, 5.41) is 3.41. The zero-order valence-electron chi connectivity index (χ0n) is 11.1. The highest BCUT2D eigenvalue weighted by Crippen LogP contribution is 2.17. The number of aromatic nitrogens is 1. The van der Waals surface area contributed by atoms with Gasteiger partial charge < -0.3 is 10.2 Å². The average Bonchev–Trinajstić information content (AvgIpc) is 2.90. The predicted molar refractivity (Wildman–Crippen MR) is 73.9 cm³/mol. The minimum atomic E-state index is 0.123. The van der Waals surface area contributed by atoms with E-state index in [0.29, 0.717) is 5.92 Å². The maximum atomic E-state index is 12.4. The van der Waals surface area contributed by atoms with Gasteiger partial charge in [-0.15, -0.1) is 11.3 Å². The van der Waals surface area contributed by atoms with Gasteiger partial charge in [0.25, 0.3) is 5.91 Å². The molecule has 0 saturated carbocycles. The number of carbonyl (C=O) groups excluding carboxylic acids is 1. The van der Waals surface area contributed by atoms with E-state index in [1.165, 1.54) is 24.2 Å². The van der Waals surface area contributed by atoms with E-state index in [1.807, 2.05) is 4.90 Å². The highest BCUT2D eigenvalue weighted by atomic mass is 32.1. The Bertz CT molecular complexity index is 372. The number of piperidine rings is 1. The molecule has 0 spiro atoms. The van der Waals surface area contributed by atoms with E-state index >= 15 is 0 Å². The van der Waals surface area contributed by atoms with Gasteiger partial charge in [0.2, 0.25) is 0 Å². The van der Waals surface area contributed by atoms with Crippen LogP contribution >= 0.6 is 11.3 Å². The molecule has 1 aromatic rings. The quantitative estimate of drug-likeness (QED) is 0.907. The third kappa shape index (κ3) is 3.29. The maximum absolute atomic E-state index is 12.4. The molecule has 5 heteroatoms. The van der Waals surface area contributed by atoms with E-state index in [0.717, 1.165) is 24.5 Å². The third-order valence-corrected chi connectivity index (χ3v) is 4.14. The fraction of sp³-hybridized carbons (Fsp3) is 0.692. The van der Waals surface area contributed by atoms with Crippen LogP contribution in [-0.2, 0) is 0 Å². The summed E-state index contributed by atoms with van der Waals surface area (Å²) < 4.78 is 0. The topological polar surface area (TPSA) is 45.2 Å². The first-order chi connectivity index (χ1) is 8.68. The molecule has 0 aliphatic carbocycles. The van der Waals surface area contributed by atoms with Gasteiger partial charge in [-0.25, -0.2) is 0 Å². The van der Waals surface area contributed by atoms with Gasteiger partial charge in [-0.3, -0.25) is 9.78 Å². The number of amides is 1. The molecule has 1 unspecified atom stereocenters. The Morgan fingerprint density at radius 1 is 1.67 bits per heavy atom. The van der Waals surface area contributed by atoms with Crippen LogP contribution in [0.2, 0.25) is 0 Å². The lowest BCUT2D eigenvalue weighted by atomic mass is 9.98. The van der Waals surface area contributed by atoms with E-state index in [1.54, 1.807) is 11.7 Å². The Kier molecular flexibility index (Phi) is 4.72. The molecular weight excluding hydrogens is 246 g/mol. The van der Waals surface area contributed by atoms with Gasteiger partial charge in [0.05, 0.1) is 11.7 Å². The Hall–Kier alpha value is -0.940. The summed E-state index contributed by atoms with van der Waals surface area (Å²) in [6.07, 6.45) is 4.10. The fourth-order valence-corrected chi connectivity index (χ4v) is 2.92. The number of hydrogen-bond donors (Lipinski definition) is 1. The van der Waals surface area contributed by atoms with E-state index in [2.05, 4.69) is 24.1 Å². The van der Waals surface area contributed by atoms with E-state index in [-0.39, 0.29) is 11.9 Å². The maximum Gasteiger partial charge on any atom is 0.265 e. The van der Waals surface area contributed by atoms with Crippen LogP contribution in [0.4, 0.5) is 0 Å². The SMILES string of the molecule is CC(C)N(CC1CCCNC1)C(=O)c1cncs1. The summed E-state index contributed by atoms with van der Waals surface area (Å²) in [4.78, 5) is 19.1. The van der Waals surface area contributed by atoms with Gasteiger partial charge in [0.15, 0.2) is 0 Å². The van der Waals surface area contributed by atoms with Gasteiger partial charge in [-0.05, 0) is 45.7 Å². The molecule has 2 rings (SSSR count). The van der Waals surface area contributed by atoms with Crippen molar-refractivity contribution in [2.75, 3.05) is 19.6 Å². The molecule has 1 amide bonds. The largest absolute Gasteiger partial charge is 0.335 e. The lowest BCUT2D eigenvalue weighted by Gasteiger charge is -2.32. The van der Waals surface area contributed by atoms with Gasteiger partial charge in [0.1, 0.15) is 4.88 Å². The smallest absolute Gasteiger partial charge is 0.265 e. The van der Waals surface area contributed by atoms with Crippen molar-refractivity contribution < 1.29 is 4.79 Å². The summed E-state index contributed by atoms with van der Waals surface area (Å²) >= 11 is 1.42. The van der Waals surface area contributed by atoms with Crippen LogP contribution in [0.5, 0.6) is 0 Å². The molecule has 1 aliphatic rings. The van der Waals surface area contributed by atoms with Crippen LogP contribution < -0.4 is 5.32 Å². The molecule has 1 aromatic heterocycles. The third-order valence-electron chi connectivity index (χ3n) is 3.38. The van der Waals surface area contributed by atoms with Gasteiger partial charge >= 0.3 is 0 Å². The summed E-state index contributed by atoms with van der Waals surface area (Å²) in [5.74, 6) is 0.705. The van der Waals surface area contributed by atoms with Crippen molar-refractivity contribution in [3.8, 4) is 0 Å². The highest BCUT2D eigenvalue weighted by molar-refractivity contribution is 7.11. The summed E-state index contributed by atoms with van der Waals surface area (Å²) in [6.45, 7) is 7.14. The molecule has 4 nitrogen and oxygen atoms in total. The summed E-state index contributed by atoms with van der Waals surface area (Å²) in [6, 6.07) is 0.238. The van der Waals surface area contributed by atoms with Crippen LogP contribution in [-0.4, -0.2) is 41.5 Å². The average molecular weight is 267 g/mol. The minimum Gasteiger partial charge on any atom is -0.335 e. The molecule has 1 fully saturated rings. The molecule has 0 bridgehead atoms. The van der Waals surface area contributed by atoms with Crippen LogP contribution in [0.1, 0.15) is 36.4 Å². The summed E-state index contributed by atoms with van der Waals surface area (Å²) in [5.41, 5.74) is 1.72. The lowest BCUT2D eigenvalue weighted by molar-refractivity contribution is 0.0665. The molecular formula is C13H21N3OS. The molecule has 1 N–H and O–H groups in total. The van der Waals surface area contributed by atoms with Gasteiger partial charge in [-0.1, -0.05) is 0 Å². The molecule has 1 saturated heterocycles. The van der Waals surface area contributed by atoms with Crippen LogP contribution in [0, 0.1) is 5.92 Å². The molecule has 100 valence electrons. The van der Waals surface area contributed by atoms with Crippen molar-refractivity contribution in [2.45, 2.75) is 32.7 Å². The monoisotopic (exact) mass is 267 g/mol. The second kappa shape index (κ2) is 6.29. The molecule has 18 heavy (non-hydrogen) atoms. The highest BCUT2D eigenvalue weighted by Gasteiger charge is 2.24. The number of rotatable bonds is 4. The standard InChI is InChI=1S/C13H21N3OS/c1-10(2)16(8-11-4-3-5-14-6-11)13(17)12-7-15-9-18-12/h7,9-11,14H,3-6,8H2,1-2H3. The van der Waals surface area contributed by atoms with Crippen molar-refractivity contribution in [2.24, 2.45) is 5.92 Å². The van der Waals surface area contributed by atoms with E-state index in [9.17, 15) is 4.79 Å². The van der Waals surface area contributed by atoms with E-state index in [4.69, 9.17) is 0 Å². The van der Waals surface area contributed by atoms with Gasteiger partial charge in [0, 0.05) is 12.6 Å². The first kappa shape index (κ1) is 13.5. The van der Waals surface area contributed by atoms with Crippen LogP contribution in [0.15, 0.2) is 11.7 Å². The molecule has 1 atom stereocenters. The predicted octanol–water partition coefficient (Wildman–Crippen LogP) is 1.99. The minimum absolute atomic E-state index is 0.123. The van der Waals surface area contributed by atoms with Crippen LogP contribution in [0.25, 0.3) is 0 Å². The Morgan fingerprint density at radius 2 is 2.50 bits per heavy atom. The number of thiazole rings is 1. The van der Waals surface area contributed by atoms with Crippen molar-refractivity contribution in [3.63, 3.8) is 0 Å². The number of hydrogen-bond acceptors (Lipinski definition) is 4. The number of nitrogens with one attached hydrogen (secondary N) is 1. The van der Waals surface area contributed by atoms with Crippen molar-refractivity contribution >= 4 is 17.2 Å². The van der Waals surface area contributed by atoms with Crippen LogP contribution in [0.3, 0.4) is 0 Å². The zero-order valence-corrected chi connectivity index (χ0v) is 11.9. The molecule has 2 heterocycles. The first-order valence-corrected chi connectivity index (χ1v) is 7.46. The lowest BCUT2D eigenvalue weighted by Crippen LogP contribution is -2.44. The Balaban J connectivity index is 2.01.